The Bertz CT molecular complexity index is 1920. The van der Waals surface area contributed by atoms with Crippen LogP contribution in [-0.4, -0.2) is 120 Å². The van der Waals surface area contributed by atoms with Crippen LogP contribution in [0.5, 0.6) is 11.9 Å². The van der Waals surface area contributed by atoms with Crippen LogP contribution in [0.4, 0.5) is 15.9 Å². The van der Waals surface area contributed by atoms with Crippen LogP contribution in [0, 0.1) is 29.0 Å². The number of methoxy groups -OCH3 is 1. The number of fused-ring (bicyclic) bond motifs is 2. The van der Waals surface area contributed by atoms with Crippen molar-refractivity contribution in [1.82, 2.24) is 19.9 Å². The highest BCUT2D eigenvalue weighted by molar-refractivity contribution is 6.32. The number of nitrogens with zero attached hydrogens (tertiary/aromatic N) is 5. The number of halogens is 2. The van der Waals surface area contributed by atoms with Gasteiger partial charge in [-0.25, -0.2) is 9.37 Å². The Labute approximate surface area is 339 Å². The first-order valence-electron chi connectivity index (χ1n) is 20.8. The number of hydrogen-bond acceptors (Lipinski definition) is 13. The molecule has 2 saturated carbocycles. The quantitative estimate of drug-likeness (QED) is 0.140. The van der Waals surface area contributed by atoms with Crippen molar-refractivity contribution in [3.05, 3.63) is 28.0 Å². The summed E-state index contributed by atoms with van der Waals surface area (Å²) in [5, 5.41) is 29.6. The second-order valence-corrected chi connectivity index (χ2v) is 16.9. The maximum absolute atomic E-state index is 17.3. The van der Waals surface area contributed by atoms with Gasteiger partial charge < -0.3 is 45.2 Å². The first-order chi connectivity index (χ1) is 27.6. The second kappa shape index (κ2) is 17.4. The Hall–Kier alpha value is -3.40. The Morgan fingerprint density at radius 3 is 2.58 bits per heavy atom. The Balaban J connectivity index is 0.00000244. The third-order valence-corrected chi connectivity index (χ3v) is 13.7. The number of ether oxygens (including phenoxy) is 4. The molecule has 0 bridgehead atoms. The van der Waals surface area contributed by atoms with Gasteiger partial charge in [-0.15, -0.1) is 0 Å². The molecule has 3 saturated heterocycles. The van der Waals surface area contributed by atoms with Crippen LogP contribution in [0.25, 0.3) is 22.2 Å². The maximum atomic E-state index is 17.3. The molecule has 13 nitrogen and oxygen atoms in total. The number of rotatable bonds is 9. The molecule has 2 aliphatic carbocycles. The molecule has 0 radical (unpaired) electrons. The van der Waals surface area contributed by atoms with E-state index in [9.17, 15) is 10.2 Å². The van der Waals surface area contributed by atoms with Crippen LogP contribution in [0.15, 0.2) is 6.07 Å². The summed E-state index contributed by atoms with van der Waals surface area (Å²) in [6.45, 7) is 8.95. The topological polar surface area (TPSA) is 172 Å². The number of pyridine rings is 1. The minimum absolute atomic E-state index is 0.00611. The minimum atomic E-state index is -0.913. The molecule has 8 rings (SSSR count). The van der Waals surface area contributed by atoms with E-state index < -0.39 is 18.0 Å². The van der Waals surface area contributed by atoms with E-state index in [4.69, 9.17) is 51.7 Å². The second-order valence-electron chi connectivity index (χ2n) is 16.5. The molecule has 5 aliphatic rings. The summed E-state index contributed by atoms with van der Waals surface area (Å²) in [6, 6.07) is 2.46. The van der Waals surface area contributed by atoms with Gasteiger partial charge in [-0.05, 0) is 88.3 Å². The average Bonchev–Trinajstić information content (AvgIpc) is 3.83. The van der Waals surface area contributed by atoms with E-state index in [1.54, 1.807) is 11.8 Å². The molecule has 3 unspecified atom stereocenters. The highest BCUT2D eigenvalue weighted by atomic mass is 35.5. The Morgan fingerprint density at radius 1 is 1.11 bits per heavy atom. The number of aliphatic hydroxyl groups is 2. The third-order valence-electron chi connectivity index (χ3n) is 13.3. The summed E-state index contributed by atoms with van der Waals surface area (Å²) >= 11 is 6.54. The van der Waals surface area contributed by atoms with Gasteiger partial charge in [0.2, 0.25) is 5.88 Å². The normalized spacial score (nSPS) is 29.2. The van der Waals surface area contributed by atoms with Crippen LogP contribution < -0.4 is 20.1 Å². The van der Waals surface area contributed by atoms with Crippen LogP contribution >= 0.6 is 11.6 Å². The minimum Gasteiger partial charge on any atom is -0.480 e. The fourth-order valence-electron chi connectivity index (χ4n) is 10.3. The monoisotopic (exact) mass is 811 g/mol. The van der Waals surface area contributed by atoms with Gasteiger partial charge in [0.05, 0.1) is 45.7 Å². The number of benzene rings is 1. The molecule has 0 amide bonds. The summed E-state index contributed by atoms with van der Waals surface area (Å²) in [5.74, 6) is -0.519. The number of nitrogen functional groups attached to an aromatic ring is 1. The van der Waals surface area contributed by atoms with Gasteiger partial charge in [0, 0.05) is 65.2 Å². The third kappa shape index (κ3) is 7.90. The van der Waals surface area contributed by atoms with E-state index in [0.717, 1.165) is 58.1 Å². The van der Waals surface area contributed by atoms with Crippen molar-refractivity contribution < 1.29 is 33.6 Å². The molecular formula is C42H59ClFN7O6. The first-order valence-corrected chi connectivity index (χ1v) is 21.1. The first kappa shape index (κ1) is 41.7. The highest BCUT2D eigenvalue weighted by Crippen LogP contribution is 2.52. The molecule has 2 aromatic heterocycles. The van der Waals surface area contributed by atoms with E-state index in [2.05, 4.69) is 9.88 Å². The van der Waals surface area contributed by atoms with E-state index >= 15 is 4.39 Å². The summed E-state index contributed by atoms with van der Waals surface area (Å²) in [5.41, 5.74) is 7.52. The molecule has 57 heavy (non-hydrogen) atoms. The summed E-state index contributed by atoms with van der Waals surface area (Å²) < 4.78 is 41.3. The number of anilines is 2. The van der Waals surface area contributed by atoms with Gasteiger partial charge in [-0.3, -0.25) is 4.90 Å². The average molecular weight is 812 g/mol. The number of aromatic nitrogens is 3. The van der Waals surface area contributed by atoms with Crippen molar-refractivity contribution in [2.75, 3.05) is 70.4 Å². The summed E-state index contributed by atoms with van der Waals surface area (Å²) in [4.78, 5) is 18.8. The smallest absolute Gasteiger partial charge is 0.319 e. The van der Waals surface area contributed by atoms with E-state index in [1.807, 2.05) is 13.8 Å². The lowest BCUT2D eigenvalue weighted by atomic mass is 9.69. The van der Waals surface area contributed by atoms with Gasteiger partial charge in [0.1, 0.15) is 22.4 Å². The number of likely N-dealkylation sites (tertiary alicyclic amines) is 1. The molecule has 312 valence electrons. The molecule has 15 heteroatoms. The molecule has 5 heterocycles. The number of piperidine rings is 1. The lowest BCUT2D eigenvalue weighted by Gasteiger charge is -2.51. The Kier molecular flexibility index (Phi) is 12.8. The number of nitrogens with one attached hydrogen (secondary N) is 1. The van der Waals surface area contributed by atoms with Gasteiger partial charge in [0.25, 0.3) is 0 Å². The van der Waals surface area contributed by atoms with Crippen molar-refractivity contribution >= 4 is 40.2 Å². The fourth-order valence-corrected chi connectivity index (χ4v) is 10.6. The lowest BCUT2D eigenvalue weighted by molar-refractivity contribution is -0.0405. The SMILES string of the molecule is CC.COc1nc(-c2c(C)c(Cl)cc(N)c2C=N)c(F)c2nc(OCC34CCCC3N(C3CCC5(CCOC5)CC3)CCC4)nc(N3CC(O)CO[C@@H](CO)C3)c12. The van der Waals surface area contributed by atoms with E-state index in [-0.39, 0.29) is 82.8 Å². The fraction of sp³-hybridized carbons (Fsp3) is 0.667. The number of β-amino-alcohol motifs (C(OH)–C–C–N with tert-alkyl or cyclic N) is 1. The van der Waals surface area contributed by atoms with Crippen molar-refractivity contribution in [3.8, 4) is 23.1 Å². The molecule has 1 aromatic carbocycles. The molecule has 5 N–H and O–H groups in total. The van der Waals surface area contributed by atoms with Crippen molar-refractivity contribution in [1.29, 1.82) is 5.41 Å². The molecular weight excluding hydrogens is 753 g/mol. The van der Waals surface area contributed by atoms with Gasteiger partial charge >= 0.3 is 6.01 Å². The number of aliphatic hydroxyl groups excluding tert-OH is 2. The predicted molar refractivity (Wildman–Crippen MR) is 219 cm³/mol. The van der Waals surface area contributed by atoms with Crippen LogP contribution in [-0.2, 0) is 9.47 Å². The maximum Gasteiger partial charge on any atom is 0.319 e. The largest absolute Gasteiger partial charge is 0.480 e. The standard InChI is InChI=1S/C40H53ClFN7O6.C2H6/c1-23-28(41)15-29(44)27(16-43)31(23)34-33(42)35-32(37(45-34)52-2)36(48-17-25(51)20-54-26(18-48)19-50)47-38(46-35)55-22-40-8-3-5-30(40)49(13-4-9-40)24-6-10-39(11-7-24)12-14-53-21-39;1-2/h15-16,24-26,30,43,50-51H,3-14,17-22,44H2,1-2H3;1-2H3/t24?,25?,26-,30?,39?,40?;/m1./s1. The zero-order chi connectivity index (χ0) is 40.5. The number of nitrogens with two attached hydrogens (primary N) is 1. The van der Waals surface area contributed by atoms with Gasteiger partial charge in [0.15, 0.2) is 5.82 Å². The zero-order valence-electron chi connectivity index (χ0n) is 33.8. The highest BCUT2D eigenvalue weighted by Gasteiger charge is 2.51. The van der Waals surface area contributed by atoms with E-state index in [1.165, 1.54) is 45.3 Å². The van der Waals surface area contributed by atoms with Gasteiger partial charge in [-0.1, -0.05) is 31.9 Å². The summed E-state index contributed by atoms with van der Waals surface area (Å²) in [7, 11) is 1.42. The molecule has 4 atom stereocenters. The lowest BCUT2D eigenvalue weighted by Crippen LogP contribution is -2.56. The van der Waals surface area contributed by atoms with Crippen molar-refractivity contribution in [3.63, 3.8) is 0 Å². The van der Waals surface area contributed by atoms with E-state index in [0.29, 0.717) is 34.7 Å². The molecule has 3 aliphatic heterocycles. The van der Waals surface area contributed by atoms with Crippen LogP contribution in [0.2, 0.25) is 5.02 Å². The summed E-state index contributed by atoms with van der Waals surface area (Å²) in [6.07, 6.45) is 10.9. The molecule has 1 spiro atoms. The van der Waals surface area contributed by atoms with Crippen LogP contribution in [0.3, 0.4) is 0 Å². The molecule has 3 aromatic rings. The molecule has 5 fully saturated rings. The predicted octanol–water partition coefficient (Wildman–Crippen LogP) is 6.33. The van der Waals surface area contributed by atoms with Crippen molar-refractivity contribution in [2.24, 2.45) is 10.8 Å². The Morgan fingerprint density at radius 2 is 1.88 bits per heavy atom. The van der Waals surface area contributed by atoms with Gasteiger partial charge in [-0.2, -0.15) is 9.97 Å². The van der Waals surface area contributed by atoms with Crippen molar-refractivity contribution in [2.45, 2.75) is 109 Å². The number of hydrogen-bond donors (Lipinski definition) is 4. The zero-order valence-corrected chi connectivity index (χ0v) is 34.5. The van der Waals surface area contributed by atoms with Crippen LogP contribution in [0.1, 0.15) is 89.2 Å².